The molecule has 1 atom stereocenters. The second kappa shape index (κ2) is 6.31. The predicted molar refractivity (Wildman–Crippen MR) is 85.0 cm³/mol. The number of ether oxygens (including phenoxy) is 1. The summed E-state index contributed by atoms with van der Waals surface area (Å²) < 4.78 is 5.33. The summed E-state index contributed by atoms with van der Waals surface area (Å²) in [4.78, 5) is 0. The number of nitrogens with one attached hydrogen (secondary N) is 1. The van der Waals surface area contributed by atoms with E-state index in [-0.39, 0.29) is 0 Å². The van der Waals surface area contributed by atoms with E-state index in [9.17, 15) is 0 Å². The van der Waals surface area contributed by atoms with Crippen LogP contribution in [0.1, 0.15) is 45.6 Å². The first kappa shape index (κ1) is 14.9. The molecule has 3 heteroatoms. The van der Waals surface area contributed by atoms with Gasteiger partial charge in [0.05, 0.1) is 12.8 Å². The van der Waals surface area contributed by atoms with Gasteiger partial charge in [0.25, 0.3) is 0 Å². The predicted octanol–water partition coefficient (Wildman–Crippen LogP) is 4.18. The number of rotatable bonds is 5. The van der Waals surface area contributed by atoms with E-state index in [1.165, 1.54) is 36.2 Å². The Kier molecular flexibility index (Phi) is 4.71. The Balaban J connectivity index is 2.25. The van der Waals surface area contributed by atoms with Gasteiger partial charge >= 0.3 is 0 Å². The zero-order chi connectivity index (χ0) is 14.7. The van der Waals surface area contributed by atoms with E-state index < -0.39 is 0 Å². The van der Waals surface area contributed by atoms with Crippen LogP contribution in [-0.4, -0.2) is 13.2 Å². The summed E-state index contributed by atoms with van der Waals surface area (Å²) in [5, 5.41) is 2.21. The normalized spacial score (nSPS) is 18.9. The minimum atomic E-state index is 0.420. The number of hydrazine groups is 1. The van der Waals surface area contributed by atoms with E-state index in [1.54, 1.807) is 7.11 Å². The second-order valence-electron chi connectivity index (χ2n) is 5.55. The lowest BCUT2D eigenvalue weighted by Crippen LogP contribution is -2.35. The largest absolute Gasteiger partial charge is 0.496 e. The molecule has 0 amide bonds. The lowest BCUT2D eigenvalue weighted by molar-refractivity contribution is 0.411. The number of unbranched alkanes of at least 4 members (excludes halogenated alkanes) is 1. The molecule has 0 saturated heterocycles. The van der Waals surface area contributed by atoms with Gasteiger partial charge in [-0.3, -0.25) is 5.01 Å². The maximum Gasteiger partial charge on any atom is 0.121 e. The van der Waals surface area contributed by atoms with Gasteiger partial charge in [-0.05, 0) is 62.9 Å². The highest BCUT2D eigenvalue weighted by Crippen LogP contribution is 2.31. The van der Waals surface area contributed by atoms with E-state index in [0.29, 0.717) is 6.04 Å². The monoisotopic (exact) mass is 274 g/mol. The molecule has 110 valence electrons. The minimum Gasteiger partial charge on any atom is -0.496 e. The Morgan fingerprint density at radius 1 is 1.30 bits per heavy atom. The summed E-state index contributed by atoms with van der Waals surface area (Å²) in [6.45, 7) is 8.78. The van der Waals surface area contributed by atoms with E-state index in [2.05, 4.69) is 50.3 Å². The Labute approximate surface area is 122 Å². The number of hydrogen-bond acceptors (Lipinski definition) is 3. The van der Waals surface area contributed by atoms with Crippen molar-refractivity contribution in [2.45, 2.75) is 53.0 Å². The van der Waals surface area contributed by atoms with Gasteiger partial charge in [-0.25, -0.2) is 5.43 Å². The molecule has 0 aromatic heterocycles. The van der Waals surface area contributed by atoms with Gasteiger partial charge in [0.1, 0.15) is 5.75 Å². The van der Waals surface area contributed by atoms with Crippen molar-refractivity contribution < 1.29 is 4.74 Å². The fourth-order valence-corrected chi connectivity index (χ4v) is 2.86. The summed E-state index contributed by atoms with van der Waals surface area (Å²) >= 11 is 0. The highest BCUT2D eigenvalue weighted by Gasteiger charge is 2.25. The van der Waals surface area contributed by atoms with Crippen molar-refractivity contribution in [2.24, 2.45) is 0 Å². The van der Waals surface area contributed by atoms with E-state index >= 15 is 0 Å². The molecule has 20 heavy (non-hydrogen) atoms. The Hall–Kier alpha value is -1.48. The smallest absolute Gasteiger partial charge is 0.121 e. The van der Waals surface area contributed by atoms with Crippen molar-refractivity contribution in [2.75, 3.05) is 12.1 Å². The molecule has 1 N–H and O–H groups in total. The molecule has 3 nitrogen and oxygen atoms in total. The van der Waals surface area contributed by atoms with Crippen molar-refractivity contribution in [3.05, 3.63) is 35.0 Å². The Morgan fingerprint density at radius 3 is 2.65 bits per heavy atom. The number of nitrogens with zero attached hydrogens (tertiary/aromatic N) is 1. The van der Waals surface area contributed by atoms with Crippen LogP contribution < -0.4 is 15.2 Å². The van der Waals surface area contributed by atoms with Crippen LogP contribution >= 0.6 is 0 Å². The molecule has 1 heterocycles. The number of benzene rings is 1. The average Bonchev–Trinajstić information content (AvgIpc) is 2.72. The topological polar surface area (TPSA) is 24.5 Å². The van der Waals surface area contributed by atoms with Crippen LogP contribution in [0.2, 0.25) is 0 Å². The maximum atomic E-state index is 5.33. The Bertz CT molecular complexity index is 508. The standard InChI is InChI=1S/C17H26N2O/c1-6-7-8-16-13(3)18-19(14(16)4)15-9-10-17(20-5)12(2)11-15/h9-11,13,18H,6-8H2,1-5H3. The van der Waals surface area contributed by atoms with Gasteiger partial charge in [0.15, 0.2) is 0 Å². The molecule has 0 radical (unpaired) electrons. The molecule has 1 unspecified atom stereocenters. The molecule has 0 bridgehead atoms. The first-order valence-electron chi connectivity index (χ1n) is 7.49. The van der Waals surface area contributed by atoms with Gasteiger partial charge in [-0.2, -0.15) is 0 Å². The van der Waals surface area contributed by atoms with Crippen LogP contribution in [0.4, 0.5) is 5.69 Å². The average molecular weight is 274 g/mol. The van der Waals surface area contributed by atoms with Gasteiger partial charge in [-0.1, -0.05) is 13.3 Å². The quantitative estimate of drug-likeness (QED) is 0.871. The molecular formula is C17H26N2O. The molecule has 1 aliphatic rings. The summed E-state index contributed by atoms with van der Waals surface area (Å²) in [5.41, 5.74) is 8.77. The van der Waals surface area contributed by atoms with E-state index in [0.717, 1.165) is 11.3 Å². The third kappa shape index (κ3) is 2.83. The van der Waals surface area contributed by atoms with Gasteiger partial charge in [-0.15, -0.1) is 0 Å². The number of hydrogen-bond donors (Lipinski definition) is 1. The fourth-order valence-electron chi connectivity index (χ4n) is 2.86. The third-order valence-electron chi connectivity index (χ3n) is 4.08. The van der Waals surface area contributed by atoms with Crippen LogP contribution in [0.5, 0.6) is 5.75 Å². The number of allylic oxidation sites excluding steroid dienone is 1. The van der Waals surface area contributed by atoms with Crippen molar-refractivity contribution in [3.8, 4) is 5.75 Å². The van der Waals surface area contributed by atoms with Crippen LogP contribution in [0, 0.1) is 6.92 Å². The highest BCUT2D eigenvalue weighted by molar-refractivity contribution is 5.58. The van der Waals surface area contributed by atoms with E-state index in [4.69, 9.17) is 4.74 Å². The zero-order valence-corrected chi connectivity index (χ0v) is 13.3. The molecule has 0 fully saturated rings. The maximum absolute atomic E-state index is 5.33. The zero-order valence-electron chi connectivity index (χ0n) is 13.3. The minimum absolute atomic E-state index is 0.420. The summed E-state index contributed by atoms with van der Waals surface area (Å²) in [6.07, 6.45) is 3.68. The van der Waals surface area contributed by atoms with Crippen molar-refractivity contribution in [3.63, 3.8) is 0 Å². The van der Waals surface area contributed by atoms with E-state index in [1.807, 2.05) is 6.07 Å². The summed E-state index contributed by atoms with van der Waals surface area (Å²) in [6, 6.07) is 6.74. The van der Waals surface area contributed by atoms with Crippen molar-refractivity contribution >= 4 is 5.69 Å². The Morgan fingerprint density at radius 2 is 2.05 bits per heavy atom. The third-order valence-corrected chi connectivity index (χ3v) is 4.08. The summed E-state index contributed by atoms with van der Waals surface area (Å²) in [7, 11) is 1.71. The molecule has 1 aromatic carbocycles. The van der Waals surface area contributed by atoms with Gasteiger partial charge < -0.3 is 4.74 Å². The molecule has 1 aromatic rings. The molecule has 0 spiro atoms. The van der Waals surface area contributed by atoms with Crippen molar-refractivity contribution in [1.29, 1.82) is 0 Å². The molecular weight excluding hydrogens is 248 g/mol. The fraction of sp³-hybridized carbons (Fsp3) is 0.529. The first-order valence-corrected chi connectivity index (χ1v) is 7.49. The molecule has 0 saturated carbocycles. The van der Waals surface area contributed by atoms with Crippen molar-refractivity contribution in [1.82, 2.24) is 5.43 Å². The lowest BCUT2D eigenvalue weighted by atomic mass is 10.0. The van der Waals surface area contributed by atoms with Crippen LogP contribution in [0.25, 0.3) is 0 Å². The van der Waals surface area contributed by atoms with Crippen LogP contribution in [0.3, 0.4) is 0 Å². The SMILES string of the molecule is CCCCC1=C(C)N(c2ccc(OC)c(C)c2)NC1C. The molecule has 2 rings (SSSR count). The molecule has 1 aliphatic heterocycles. The number of anilines is 1. The lowest BCUT2D eigenvalue weighted by Gasteiger charge is -2.22. The van der Waals surface area contributed by atoms with Crippen LogP contribution in [-0.2, 0) is 0 Å². The highest BCUT2D eigenvalue weighted by atomic mass is 16.5. The second-order valence-corrected chi connectivity index (χ2v) is 5.55. The number of aryl methyl sites for hydroxylation is 1. The first-order chi connectivity index (χ1) is 9.58. The molecule has 0 aliphatic carbocycles. The van der Waals surface area contributed by atoms with Gasteiger partial charge in [0, 0.05) is 11.7 Å². The summed E-state index contributed by atoms with van der Waals surface area (Å²) in [5.74, 6) is 0.939. The number of methoxy groups -OCH3 is 1. The van der Waals surface area contributed by atoms with Gasteiger partial charge in [0.2, 0.25) is 0 Å². The van der Waals surface area contributed by atoms with Crippen LogP contribution in [0.15, 0.2) is 29.5 Å².